The minimum absolute atomic E-state index is 0.442. The summed E-state index contributed by atoms with van der Waals surface area (Å²) >= 11 is 0. The zero-order valence-corrected chi connectivity index (χ0v) is 12.8. The number of nitrogens with one attached hydrogen (secondary N) is 1. The fraction of sp³-hybridized carbons (Fsp3) is 0.647. The Morgan fingerprint density at radius 3 is 2.47 bits per heavy atom. The summed E-state index contributed by atoms with van der Waals surface area (Å²) in [5.74, 6) is 0. The van der Waals surface area contributed by atoms with E-state index in [9.17, 15) is 0 Å². The molecule has 2 nitrogen and oxygen atoms in total. The summed E-state index contributed by atoms with van der Waals surface area (Å²) < 4.78 is 0. The van der Waals surface area contributed by atoms with E-state index in [0.29, 0.717) is 12.1 Å². The summed E-state index contributed by atoms with van der Waals surface area (Å²) in [5.41, 5.74) is 2.77. The van der Waals surface area contributed by atoms with Gasteiger partial charge in [-0.1, -0.05) is 26.0 Å². The van der Waals surface area contributed by atoms with Crippen LogP contribution < -0.4 is 10.2 Å². The van der Waals surface area contributed by atoms with Crippen molar-refractivity contribution in [3.8, 4) is 0 Å². The second kappa shape index (κ2) is 6.42. The largest absolute Gasteiger partial charge is 0.366 e. The first-order valence-corrected chi connectivity index (χ1v) is 7.79. The van der Waals surface area contributed by atoms with Gasteiger partial charge in [-0.2, -0.15) is 0 Å². The Hall–Kier alpha value is -1.02. The Kier molecular flexibility index (Phi) is 4.87. The van der Waals surface area contributed by atoms with E-state index in [0.717, 1.165) is 12.6 Å². The van der Waals surface area contributed by atoms with Crippen LogP contribution in [0.15, 0.2) is 24.3 Å². The molecule has 1 aromatic carbocycles. The normalized spacial score (nSPS) is 24.7. The SMILES string of the molecule is CCNC(C)c1ccc(N2C(C)CCC2CC)cc1. The molecule has 2 rings (SSSR count). The third-order valence-electron chi connectivity index (χ3n) is 4.46. The van der Waals surface area contributed by atoms with Crippen LogP contribution in [0.3, 0.4) is 0 Å². The highest BCUT2D eigenvalue weighted by atomic mass is 15.2. The van der Waals surface area contributed by atoms with Crippen molar-refractivity contribution in [1.82, 2.24) is 5.32 Å². The van der Waals surface area contributed by atoms with E-state index in [1.807, 2.05) is 0 Å². The molecule has 0 aromatic heterocycles. The Labute approximate surface area is 118 Å². The zero-order chi connectivity index (χ0) is 13.8. The standard InChI is InChI=1S/C17H28N2/c1-5-16-10-7-13(3)19(16)17-11-8-15(9-12-17)14(4)18-6-2/h8-9,11-14,16,18H,5-7,10H2,1-4H3. The van der Waals surface area contributed by atoms with Crippen LogP contribution in [0.2, 0.25) is 0 Å². The van der Waals surface area contributed by atoms with E-state index >= 15 is 0 Å². The van der Waals surface area contributed by atoms with Crippen LogP contribution in [0.1, 0.15) is 58.6 Å². The summed E-state index contributed by atoms with van der Waals surface area (Å²) in [4.78, 5) is 2.61. The summed E-state index contributed by atoms with van der Waals surface area (Å²) in [6.07, 6.45) is 3.92. The maximum Gasteiger partial charge on any atom is 0.0371 e. The number of hydrogen-bond acceptors (Lipinski definition) is 2. The van der Waals surface area contributed by atoms with Gasteiger partial charge in [-0.15, -0.1) is 0 Å². The van der Waals surface area contributed by atoms with E-state index in [1.165, 1.54) is 30.5 Å². The van der Waals surface area contributed by atoms with Gasteiger partial charge in [0.05, 0.1) is 0 Å². The van der Waals surface area contributed by atoms with Gasteiger partial charge in [-0.25, -0.2) is 0 Å². The highest BCUT2D eigenvalue weighted by Crippen LogP contribution is 2.32. The van der Waals surface area contributed by atoms with E-state index < -0.39 is 0 Å². The summed E-state index contributed by atoms with van der Waals surface area (Å²) in [6, 6.07) is 11.0. The van der Waals surface area contributed by atoms with Gasteiger partial charge in [0.25, 0.3) is 0 Å². The smallest absolute Gasteiger partial charge is 0.0371 e. The van der Waals surface area contributed by atoms with Crippen molar-refractivity contribution in [2.75, 3.05) is 11.4 Å². The molecule has 3 atom stereocenters. The third-order valence-corrected chi connectivity index (χ3v) is 4.46. The third kappa shape index (κ3) is 3.11. The van der Waals surface area contributed by atoms with Crippen LogP contribution in [-0.4, -0.2) is 18.6 Å². The van der Waals surface area contributed by atoms with Crippen LogP contribution in [0.5, 0.6) is 0 Å². The number of anilines is 1. The number of benzene rings is 1. The van der Waals surface area contributed by atoms with Gasteiger partial charge in [0.2, 0.25) is 0 Å². The van der Waals surface area contributed by atoms with Crippen LogP contribution in [0, 0.1) is 0 Å². The second-order valence-corrected chi connectivity index (χ2v) is 5.77. The molecule has 0 bridgehead atoms. The summed E-state index contributed by atoms with van der Waals surface area (Å²) in [6.45, 7) is 10.1. The molecule has 2 heteroatoms. The molecule has 0 aliphatic carbocycles. The Bertz CT molecular complexity index is 385. The zero-order valence-electron chi connectivity index (χ0n) is 12.8. The van der Waals surface area contributed by atoms with Crippen molar-refractivity contribution < 1.29 is 0 Å². The van der Waals surface area contributed by atoms with Gasteiger partial charge in [-0.05, 0) is 57.4 Å². The van der Waals surface area contributed by atoms with Gasteiger partial charge < -0.3 is 10.2 Å². The lowest BCUT2D eigenvalue weighted by Gasteiger charge is -2.30. The topological polar surface area (TPSA) is 15.3 Å². The van der Waals surface area contributed by atoms with Crippen molar-refractivity contribution >= 4 is 5.69 Å². The minimum Gasteiger partial charge on any atom is -0.366 e. The van der Waals surface area contributed by atoms with E-state index in [2.05, 4.69) is 62.2 Å². The Morgan fingerprint density at radius 1 is 1.21 bits per heavy atom. The summed E-state index contributed by atoms with van der Waals surface area (Å²) in [5, 5.41) is 3.47. The fourth-order valence-corrected chi connectivity index (χ4v) is 3.30. The van der Waals surface area contributed by atoms with Gasteiger partial charge >= 0.3 is 0 Å². The highest BCUT2D eigenvalue weighted by molar-refractivity contribution is 5.51. The Morgan fingerprint density at radius 2 is 1.89 bits per heavy atom. The first kappa shape index (κ1) is 14.4. The highest BCUT2D eigenvalue weighted by Gasteiger charge is 2.29. The maximum absolute atomic E-state index is 3.47. The Balaban J connectivity index is 2.13. The minimum atomic E-state index is 0.442. The summed E-state index contributed by atoms with van der Waals surface area (Å²) in [7, 11) is 0. The number of nitrogens with zero attached hydrogens (tertiary/aromatic N) is 1. The number of rotatable bonds is 5. The van der Waals surface area contributed by atoms with Crippen molar-refractivity contribution in [1.29, 1.82) is 0 Å². The predicted octanol–water partition coefficient (Wildman–Crippen LogP) is 4.12. The van der Waals surface area contributed by atoms with E-state index in [4.69, 9.17) is 0 Å². The molecule has 1 heterocycles. The van der Waals surface area contributed by atoms with Gasteiger partial charge in [0, 0.05) is 23.8 Å². The average molecular weight is 260 g/mol. The molecule has 1 saturated heterocycles. The van der Waals surface area contributed by atoms with Crippen LogP contribution in [0.25, 0.3) is 0 Å². The van der Waals surface area contributed by atoms with Crippen LogP contribution in [-0.2, 0) is 0 Å². The lowest BCUT2D eigenvalue weighted by atomic mass is 10.1. The molecule has 3 unspecified atom stereocenters. The molecular formula is C17H28N2. The van der Waals surface area contributed by atoms with Gasteiger partial charge in [-0.3, -0.25) is 0 Å². The van der Waals surface area contributed by atoms with Crippen molar-refractivity contribution in [2.45, 2.75) is 65.1 Å². The molecular weight excluding hydrogens is 232 g/mol. The molecule has 1 fully saturated rings. The molecule has 1 aromatic rings. The molecule has 0 spiro atoms. The lowest BCUT2D eigenvalue weighted by Crippen LogP contribution is -2.34. The molecule has 1 aliphatic heterocycles. The molecule has 0 saturated carbocycles. The molecule has 0 radical (unpaired) electrons. The van der Waals surface area contributed by atoms with E-state index in [-0.39, 0.29) is 0 Å². The van der Waals surface area contributed by atoms with Crippen molar-refractivity contribution in [3.05, 3.63) is 29.8 Å². The fourth-order valence-electron chi connectivity index (χ4n) is 3.30. The molecule has 1 aliphatic rings. The second-order valence-electron chi connectivity index (χ2n) is 5.77. The molecule has 106 valence electrons. The molecule has 19 heavy (non-hydrogen) atoms. The van der Waals surface area contributed by atoms with Crippen LogP contribution in [0.4, 0.5) is 5.69 Å². The molecule has 1 N–H and O–H groups in total. The molecule has 0 amide bonds. The first-order valence-electron chi connectivity index (χ1n) is 7.79. The average Bonchev–Trinajstić information content (AvgIpc) is 2.80. The quantitative estimate of drug-likeness (QED) is 0.856. The maximum atomic E-state index is 3.47. The van der Waals surface area contributed by atoms with Crippen molar-refractivity contribution in [3.63, 3.8) is 0 Å². The lowest BCUT2D eigenvalue weighted by molar-refractivity contribution is 0.597. The first-order chi connectivity index (χ1) is 9.17. The van der Waals surface area contributed by atoms with Crippen LogP contribution >= 0.6 is 0 Å². The van der Waals surface area contributed by atoms with Crippen molar-refractivity contribution in [2.24, 2.45) is 0 Å². The number of hydrogen-bond donors (Lipinski definition) is 1. The monoisotopic (exact) mass is 260 g/mol. The predicted molar refractivity (Wildman–Crippen MR) is 83.8 cm³/mol. The van der Waals surface area contributed by atoms with E-state index in [1.54, 1.807) is 0 Å². The van der Waals surface area contributed by atoms with Gasteiger partial charge in [0.15, 0.2) is 0 Å². The van der Waals surface area contributed by atoms with Gasteiger partial charge in [0.1, 0.15) is 0 Å².